The van der Waals surface area contributed by atoms with E-state index in [1.807, 2.05) is 29.2 Å². The van der Waals surface area contributed by atoms with E-state index in [9.17, 15) is 9.90 Å². The van der Waals surface area contributed by atoms with E-state index in [-0.39, 0.29) is 23.8 Å². The molecule has 0 bridgehead atoms. The van der Waals surface area contributed by atoms with Crippen molar-refractivity contribution >= 4 is 5.91 Å². The van der Waals surface area contributed by atoms with Crippen LogP contribution in [0.5, 0.6) is 5.75 Å². The lowest BCUT2D eigenvalue weighted by Crippen LogP contribution is -2.36. The minimum absolute atomic E-state index is 0.0364. The molecule has 2 saturated heterocycles. The summed E-state index contributed by atoms with van der Waals surface area (Å²) >= 11 is 0. The van der Waals surface area contributed by atoms with Gasteiger partial charge in [-0.25, -0.2) is 0 Å². The molecular formula is C19H23N3O5. The molecule has 3 heterocycles. The van der Waals surface area contributed by atoms with E-state index >= 15 is 0 Å². The lowest BCUT2D eigenvalue weighted by Gasteiger charge is -2.24. The van der Waals surface area contributed by atoms with Gasteiger partial charge >= 0.3 is 0 Å². The number of aryl methyl sites for hydroxylation is 1. The molecule has 1 amide bonds. The summed E-state index contributed by atoms with van der Waals surface area (Å²) in [7, 11) is 1.59. The van der Waals surface area contributed by atoms with Gasteiger partial charge in [-0.15, -0.1) is 0 Å². The number of ether oxygens (including phenoxy) is 2. The number of aliphatic hydroxyl groups is 1. The molecule has 0 spiro atoms. The number of carbonyl (C=O) groups excluding carboxylic acids is 1. The summed E-state index contributed by atoms with van der Waals surface area (Å²) in [4.78, 5) is 18.8. The van der Waals surface area contributed by atoms with Gasteiger partial charge < -0.3 is 24.0 Å². The highest BCUT2D eigenvalue weighted by Crippen LogP contribution is 2.41. The summed E-state index contributed by atoms with van der Waals surface area (Å²) in [6.07, 6.45) is 0.674. The average molecular weight is 373 g/mol. The zero-order valence-corrected chi connectivity index (χ0v) is 15.3. The Morgan fingerprint density at radius 2 is 2.30 bits per heavy atom. The summed E-state index contributed by atoms with van der Waals surface area (Å²) in [5.41, 5.74) is 0.454. The Bertz CT molecular complexity index is 823. The topological polar surface area (TPSA) is 97.9 Å². The third kappa shape index (κ3) is 3.30. The second-order valence-corrected chi connectivity index (χ2v) is 7.22. The van der Waals surface area contributed by atoms with E-state index in [4.69, 9.17) is 14.0 Å². The first kappa shape index (κ1) is 17.9. The monoisotopic (exact) mass is 373 g/mol. The largest absolute Gasteiger partial charge is 0.496 e. The molecule has 27 heavy (non-hydrogen) atoms. The Morgan fingerprint density at radius 3 is 3.07 bits per heavy atom. The van der Waals surface area contributed by atoms with Gasteiger partial charge in [0.2, 0.25) is 17.6 Å². The van der Waals surface area contributed by atoms with Gasteiger partial charge in [-0.3, -0.25) is 4.79 Å². The van der Waals surface area contributed by atoms with Crippen LogP contribution in [0.2, 0.25) is 0 Å². The third-order valence-corrected chi connectivity index (χ3v) is 5.56. The third-order valence-electron chi connectivity index (χ3n) is 5.56. The minimum Gasteiger partial charge on any atom is -0.496 e. The molecule has 2 fully saturated rings. The maximum absolute atomic E-state index is 12.6. The van der Waals surface area contributed by atoms with Crippen LogP contribution in [0.4, 0.5) is 0 Å². The number of carbonyl (C=O) groups is 1. The Labute approximate surface area is 157 Å². The highest BCUT2D eigenvalue weighted by Gasteiger charge is 2.51. The van der Waals surface area contributed by atoms with Crippen molar-refractivity contribution in [1.82, 2.24) is 15.0 Å². The van der Waals surface area contributed by atoms with Crippen LogP contribution in [0.1, 0.15) is 12.3 Å². The second-order valence-electron chi connectivity index (χ2n) is 7.22. The number of aromatic nitrogens is 2. The number of benzene rings is 1. The maximum Gasteiger partial charge on any atom is 0.227 e. The van der Waals surface area contributed by atoms with Crippen LogP contribution in [0, 0.1) is 11.3 Å². The highest BCUT2D eigenvalue weighted by molar-refractivity contribution is 5.77. The van der Waals surface area contributed by atoms with Crippen LogP contribution in [0.15, 0.2) is 28.8 Å². The van der Waals surface area contributed by atoms with Crippen LogP contribution in [0.3, 0.4) is 0 Å². The van der Waals surface area contributed by atoms with Crippen LogP contribution < -0.4 is 4.74 Å². The van der Waals surface area contributed by atoms with Gasteiger partial charge in [0.05, 0.1) is 32.5 Å². The Hall–Kier alpha value is -2.45. The number of para-hydroxylation sites is 1. The Kier molecular flexibility index (Phi) is 4.84. The van der Waals surface area contributed by atoms with Crippen LogP contribution in [0.25, 0.3) is 11.4 Å². The van der Waals surface area contributed by atoms with Crippen LogP contribution in [-0.2, 0) is 16.0 Å². The molecule has 2 atom stereocenters. The van der Waals surface area contributed by atoms with Crippen molar-refractivity contribution in [2.45, 2.75) is 12.8 Å². The van der Waals surface area contributed by atoms with Crippen molar-refractivity contribution in [2.24, 2.45) is 11.3 Å². The molecular weight excluding hydrogens is 350 g/mol. The standard InChI is InChI=1S/C19H23N3O5/c1-25-15-5-3-2-4-14(15)18-20-16(27-21-18)6-7-17(24)22-8-13-9-26-12-19(13,10-22)11-23/h2-5,13,23H,6-12H2,1H3/t13-,19-/m0/s1. The van der Waals surface area contributed by atoms with E-state index in [1.54, 1.807) is 7.11 Å². The first-order valence-corrected chi connectivity index (χ1v) is 9.07. The lowest BCUT2D eigenvalue weighted by atomic mass is 9.82. The van der Waals surface area contributed by atoms with Gasteiger partial charge in [0.1, 0.15) is 5.75 Å². The van der Waals surface area contributed by atoms with Crippen LogP contribution in [-0.4, -0.2) is 66.1 Å². The fourth-order valence-electron chi connectivity index (χ4n) is 3.91. The van der Waals surface area contributed by atoms with Gasteiger partial charge in [-0.1, -0.05) is 17.3 Å². The summed E-state index contributed by atoms with van der Waals surface area (Å²) in [5.74, 6) is 1.79. The quantitative estimate of drug-likeness (QED) is 0.811. The molecule has 0 aliphatic carbocycles. The molecule has 1 aromatic carbocycles. The molecule has 8 heteroatoms. The molecule has 1 aromatic heterocycles. The van der Waals surface area contributed by atoms with E-state index in [0.717, 1.165) is 5.56 Å². The van der Waals surface area contributed by atoms with E-state index < -0.39 is 0 Å². The first-order chi connectivity index (χ1) is 13.1. The number of hydrogen-bond acceptors (Lipinski definition) is 7. The van der Waals surface area contributed by atoms with Crippen molar-refractivity contribution in [2.75, 3.05) is 40.0 Å². The lowest BCUT2D eigenvalue weighted by molar-refractivity contribution is -0.131. The molecule has 0 unspecified atom stereocenters. The van der Waals surface area contributed by atoms with Gasteiger partial charge in [-0.2, -0.15) is 4.98 Å². The molecule has 0 saturated carbocycles. The fraction of sp³-hybridized carbons (Fsp3) is 0.526. The minimum atomic E-state index is -0.294. The normalized spacial score (nSPS) is 24.2. The van der Waals surface area contributed by atoms with Crippen molar-refractivity contribution in [3.05, 3.63) is 30.2 Å². The predicted molar refractivity (Wildman–Crippen MR) is 95.0 cm³/mol. The summed E-state index contributed by atoms with van der Waals surface area (Å²) in [6, 6.07) is 7.44. The van der Waals surface area contributed by atoms with Gasteiger partial charge in [0, 0.05) is 37.3 Å². The number of fused-ring (bicyclic) bond motifs is 1. The summed E-state index contributed by atoms with van der Waals surface area (Å²) in [6.45, 7) is 2.35. The molecule has 1 N–H and O–H groups in total. The van der Waals surface area contributed by atoms with Crippen LogP contribution >= 0.6 is 0 Å². The van der Waals surface area contributed by atoms with E-state index in [2.05, 4.69) is 10.1 Å². The molecule has 2 aliphatic heterocycles. The number of likely N-dealkylation sites (tertiary alicyclic amines) is 1. The van der Waals surface area contributed by atoms with Gasteiger partial charge in [-0.05, 0) is 12.1 Å². The average Bonchev–Trinajstić information content (AvgIpc) is 3.40. The SMILES string of the molecule is COc1ccccc1-c1noc(CCC(=O)N2C[C@H]3COC[C@@]3(CO)C2)n1. The zero-order chi connectivity index (χ0) is 18.9. The molecule has 8 nitrogen and oxygen atoms in total. The van der Waals surface area contributed by atoms with Crippen molar-refractivity contribution in [1.29, 1.82) is 0 Å². The number of methoxy groups -OCH3 is 1. The van der Waals surface area contributed by atoms with E-state index in [0.29, 0.717) is 56.6 Å². The predicted octanol–water partition coefficient (Wildman–Crippen LogP) is 1.15. The Morgan fingerprint density at radius 1 is 1.44 bits per heavy atom. The fourth-order valence-corrected chi connectivity index (χ4v) is 3.91. The second kappa shape index (κ2) is 7.28. The van der Waals surface area contributed by atoms with Gasteiger partial charge in [0.25, 0.3) is 0 Å². The zero-order valence-electron chi connectivity index (χ0n) is 15.3. The first-order valence-electron chi connectivity index (χ1n) is 9.07. The Balaban J connectivity index is 1.37. The number of rotatable bonds is 6. The highest BCUT2D eigenvalue weighted by atomic mass is 16.5. The molecule has 4 rings (SSSR count). The van der Waals surface area contributed by atoms with Gasteiger partial charge in [0.15, 0.2) is 0 Å². The smallest absolute Gasteiger partial charge is 0.227 e. The van der Waals surface area contributed by atoms with E-state index in [1.165, 1.54) is 0 Å². The number of hydrogen-bond donors (Lipinski definition) is 1. The molecule has 0 radical (unpaired) electrons. The van der Waals surface area contributed by atoms with Crippen molar-refractivity contribution < 1.29 is 23.9 Å². The maximum atomic E-state index is 12.6. The van der Waals surface area contributed by atoms with Crippen molar-refractivity contribution in [3.63, 3.8) is 0 Å². The number of amides is 1. The summed E-state index contributed by atoms with van der Waals surface area (Å²) in [5, 5.41) is 13.7. The molecule has 2 aliphatic rings. The number of aliphatic hydroxyl groups excluding tert-OH is 1. The van der Waals surface area contributed by atoms with Crippen molar-refractivity contribution in [3.8, 4) is 17.1 Å². The number of nitrogens with zero attached hydrogens (tertiary/aromatic N) is 3. The molecule has 2 aromatic rings. The molecule has 144 valence electrons. The summed E-state index contributed by atoms with van der Waals surface area (Å²) < 4.78 is 16.1.